The van der Waals surface area contributed by atoms with Crippen LogP contribution in [0.2, 0.25) is 0 Å². The molecule has 0 spiro atoms. The van der Waals surface area contributed by atoms with Crippen molar-refractivity contribution in [1.29, 1.82) is 0 Å². The molecule has 1 heterocycles. The molecule has 0 saturated heterocycles. The second-order valence-corrected chi connectivity index (χ2v) is 7.60. The largest absolute Gasteiger partial charge is 0.328 e. The predicted octanol–water partition coefficient (Wildman–Crippen LogP) is 1.86. The average molecular weight is 345 g/mol. The first-order valence-electron chi connectivity index (χ1n) is 7.57. The Balaban J connectivity index is 1.81. The van der Waals surface area contributed by atoms with Crippen LogP contribution in [0.5, 0.6) is 0 Å². The van der Waals surface area contributed by atoms with E-state index in [9.17, 15) is 13.2 Å². The van der Waals surface area contributed by atoms with Crippen LogP contribution < -0.4 is 10.4 Å². The summed E-state index contributed by atoms with van der Waals surface area (Å²) in [4.78, 5) is 11.9. The zero-order chi connectivity index (χ0) is 17.3. The fourth-order valence-electron chi connectivity index (χ4n) is 2.70. The highest BCUT2D eigenvalue weighted by Crippen LogP contribution is 2.18. The summed E-state index contributed by atoms with van der Waals surface area (Å²) in [6, 6.07) is 14.6. The first-order chi connectivity index (χ1) is 11.4. The van der Waals surface area contributed by atoms with Crippen molar-refractivity contribution in [2.24, 2.45) is 14.1 Å². The molecule has 2 aromatic carbocycles. The quantitative estimate of drug-likeness (QED) is 0.767. The maximum absolute atomic E-state index is 12.3. The van der Waals surface area contributed by atoms with Crippen molar-refractivity contribution < 1.29 is 8.42 Å². The zero-order valence-electron chi connectivity index (χ0n) is 13.6. The highest BCUT2D eigenvalue weighted by atomic mass is 32.2. The number of aromatic nitrogens is 2. The Bertz CT molecular complexity index is 1030. The minimum Gasteiger partial charge on any atom is -0.295 e. The number of rotatable bonds is 5. The molecule has 126 valence electrons. The van der Waals surface area contributed by atoms with Gasteiger partial charge in [-0.15, -0.1) is 0 Å². The van der Waals surface area contributed by atoms with Gasteiger partial charge in [0, 0.05) is 14.1 Å². The molecule has 0 aliphatic rings. The fourth-order valence-corrected chi connectivity index (χ4v) is 3.79. The molecule has 0 unspecified atom stereocenters. The second kappa shape index (κ2) is 6.16. The van der Waals surface area contributed by atoms with Gasteiger partial charge in [-0.3, -0.25) is 13.9 Å². The molecule has 1 aromatic heterocycles. The van der Waals surface area contributed by atoms with Gasteiger partial charge in [0.25, 0.3) is 0 Å². The summed E-state index contributed by atoms with van der Waals surface area (Å²) in [5, 5.41) is 0. The van der Waals surface area contributed by atoms with E-state index in [1.54, 1.807) is 32.3 Å². The molecule has 0 bridgehead atoms. The van der Waals surface area contributed by atoms with Crippen molar-refractivity contribution in [2.45, 2.75) is 6.42 Å². The van der Waals surface area contributed by atoms with Crippen molar-refractivity contribution in [2.75, 3.05) is 10.5 Å². The van der Waals surface area contributed by atoms with E-state index in [0.29, 0.717) is 17.6 Å². The van der Waals surface area contributed by atoms with Crippen LogP contribution in [-0.4, -0.2) is 23.3 Å². The van der Waals surface area contributed by atoms with E-state index in [1.165, 1.54) is 9.13 Å². The van der Waals surface area contributed by atoms with Crippen LogP contribution in [0.4, 0.5) is 5.69 Å². The number of imidazole rings is 1. The number of sulfonamides is 1. The minimum absolute atomic E-state index is 0.00275. The van der Waals surface area contributed by atoms with Gasteiger partial charge < -0.3 is 0 Å². The lowest BCUT2D eigenvalue weighted by Gasteiger charge is -2.08. The van der Waals surface area contributed by atoms with E-state index in [0.717, 1.165) is 11.1 Å². The van der Waals surface area contributed by atoms with Gasteiger partial charge in [0.2, 0.25) is 10.0 Å². The van der Waals surface area contributed by atoms with E-state index in [2.05, 4.69) is 4.72 Å². The molecule has 0 aliphatic carbocycles. The lowest BCUT2D eigenvalue weighted by Crippen LogP contribution is -2.19. The Hall–Kier alpha value is -2.54. The van der Waals surface area contributed by atoms with Gasteiger partial charge >= 0.3 is 5.69 Å². The molecule has 0 saturated carbocycles. The SMILES string of the molecule is Cn1c(=O)n(C)c2cc(NS(=O)(=O)CCc3ccccc3)ccc21. The van der Waals surface area contributed by atoms with Gasteiger partial charge in [-0.1, -0.05) is 30.3 Å². The number of fused-ring (bicyclic) bond motifs is 1. The summed E-state index contributed by atoms with van der Waals surface area (Å²) in [7, 11) is -0.108. The first kappa shape index (κ1) is 16.3. The molecule has 0 aliphatic heterocycles. The van der Waals surface area contributed by atoms with Crippen LogP contribution in [0.25, 0.3) is 11.0 Å². The van der Waals surface area contributed by atoms with Crippen LogP contribution in [0.15, 0.2) is 53.3 Å². The summed E-state index contributed by atoms with van der Waals surface area (Å²) in [6.45, 7) is 0. The third kappa shape index (κ3) is 3.21. The molecule has 0 fully saturated rings. The average Bonchev–Trinajstić information content (AvgIpc) is 2.78. The number of aryl methyl sites for hydroxylation is 3. The van der Waals surface area contributed by atoms with Gasteiger partial charge in [-0.05, 0) is 30.2 Å². The molecule has 24 heavy (non-hydrogen) atoms. The summed E-state index contributed by atoms with van der Waals surface area (Å²) in [5.74, 6) is 0.00275. The smallest absolute Gasteiger partial charge is 0.295 e. The molecular weight excluding hydrogens is 326 g/mol. The molecule has 1 N–H and O–H groups in total. The molecular formula is C17H19N3O3S. The normalized spacial score (nSPS) is 11.8. The summed E-state index contributed by atoms with van der Waals surface area (Å²) in [6.07, 6.45) is 0.447. The van der Waals surface area contributed by atoms with Crippen LogP contribution in [-0.2, 0) is 30.5 Å². The topological polar surface area (TPSA) is 73.1 Å². The fraction of sp³-hybridized carbons (Fsp3) is 0.235. The highest BCUT2D eigenvalue weighted by Gasteiger charge is 2.13. The number of nitrogens with one attached hydrogen (secondary N) is 1. The third-order valence-corrected chi connectivity index (χ3v) is 5.34. The Morgan fingerprint density at radius 1 is 0.958 bits per heavy atom. The van der Waals surface area contributed by atoms with E-state index in [-0.39, 0.29) is 11.4 Å². The van der Waals surface area contributed by atoms with E-state index < -0.39 is 10.0 Å². The van der Waals surface area contributed by atoms with Crippen molar-refractivity contribution >= 4 is 26.7 Å². The highest BCUT2D eigenvalue weighted by molar-refractivity contribution is 7.92. The summed E-state index contributed by atoms with van der Waals surface area (Å²) < 4.78 is 30.2. The van der Waals surface area contributed by atoms with Crippen molar-refractivity contribution in [3.8, 4) is 0 Å². The number of benzene rings is 2. The molecule has 7 heteroatoms. The van der Waals surface area contributed by atoms with Crippen LogP contribution >= 0.6 is 0 Å². The zero-order valence-corrected chi connectivity index (χ0v) is 14.4. The van der Waals surface area contributed by atoms with E-state index in [1.807, 2.05) is 30.3 Å². The standard InChI is InChI=1S/C17H19N3O3S/c1-19-15-9-8-14(12-16(15)20(2)17(19)21)18-24(22,23)11-10-13-6-4-3-5-7-13/h3-9,12,18H,10-11H2,1-2H3. The van der Waals surface area contributed by atoms with Gasteiger partial charge in [0.15, 0.2) is 0 Å². The van der Waals surface area contributed by atoms with Gasteiger partial charge in [0.1, 0.15) is 0 Å². The third-order valence-electron chi connectivity index (χ3n) is 4.05. The van der Waals surface area contributed by atoms with Crippen LogP contribution in [0, 0.1) is 0 Å². The molecule has 0 radical (unpaired) electrons. The monoisotopic (exact) mass is 345 g/mol. The molecule has 0 amide bonds. The summed E-state index contributed by atoms with van der Waals surface area (Å²) >= 11 is 0. The predicted molar refractivity (Wildman–Crippen MR) is 95.7 cm³/mol. The summed E-state index contributed by atoms with van der Waals surface area (Å²) in [5.41, 5.74) is 2.73. The Kier molecular flexibility index (Phi) is 4.19. The molecule has 3 rings (SSSR count). The maximum Gasteiger partial charge on any atom is 0.328 e. The van der Waals surface area contributed by atoms with Gasteiger partial charge in [-0.2, -0.15) is 0 Å². The van der Waals surface area contributed by atoms with Gasteiger partial charge in [0.05, 0.1) is 22.5 Å². The Morgan fingerprint density at radius 3 is 2.33 bits per heavy atom. The Morgan fingerprint density at radius 2 is 1.62 bits per heavy atom. The lowest BCUT2D eigenvalue weighted by molar-refractivity contribution is 0.600. The molecule has 6 nitrogen and oxygen atoms in total. The van der Waals surface area contributed by atoms with Crippen LogP contribution in [0.1, 0.15) is 5.56 Å². The number of nitrogens with zero attached hydrogens (tertiary/aromatic N) is 2. The minimum atomic E-state index is -3.46. The molecule has 3 aromatic rings. The first-order valence-corrected chi connectivity index (χ1v) is 9.22. The maximum atomic E-state index is 12.3. The second-order valence-electron chi connectivity index (χ2n) is 5.76. The van der Waals surface area contributed by atoms with Crippen molar-refractivity contribution in [3.05, 3.63) is 64.6 Å². The van der Waals surface area contributed by atoms with Gasteiger partial charge in [-0.25, -0.2) is 13.2 Å². The number of anilines is 1. The lowest BCUT2D eigenvalue weighted by atomic mass is 10.2. The molecule has 0 atom stereocenters. The van der Waals surface area contributed by atoms with Crippen LogP contribution in [0.3, 0.4) is 0 Å². The Labute approximate surface area is 140 Å². The number of hydrogen-bond donors (Lipinski definition) is 1. The van der Waals surface area contributed by atoms with Crippen molar-refractivity contribution in [3.63, 3.8) is 0 Å². The van der Waals surface area contributed by atoms with Crippen molar-refractivity contribution in [1.82, 2.24) is 9.13 Å². The van der Waals surface area contributed by atoms with E-state index >= 15 is 0 Å². The van der Waals surface area contributed by atoms with E-state index in [4.69, 9.17) is 0 Å². The number of hydrogen-bond acceptors (Lipinski definition) is 3.